The lowest BCUT2D eigenvalue weighted by Gasteiger charge is -2.18. The van der Waals surface area contributed by atoms with Crippen molar-refractivity contribution in [3.05, 3.63) is 57.3 Å². The number of hydrogen-bond acceptors (Lipinski definition) is 2. The van der Waals surface area contributed by atoms with Gasteiger partial charge in [0, 0.05) is 23.4 Å². The van der Waals surface area contributed by atoms with E-state index in [2.05, 4.69) is 20.9 Å². The van der Waals surface area contributed by atoms with Crippen LogP contribution in [0.5, 0.6) is 0 Å². The number of anilines is 1. The van der Waals surface area contributed by atoms with Crippen molar-refractivity contribution in [1.29, 1.82) is 0 Å². The van der Waals surface area contributed by atoms with Crippen molar-refractivity contribution in [2.24, 2.45) is 0 Å². The maximum absolute atomic E-state index is 12.4. The molecule has 0 aliphatic rings. The molecular weight excluding hydrogens is 328 g/mol. The fraction of sp³-hybridized carbons (Fsp3) is 0.143. The summed E-state index contributed by atoms with van der Waals surface area (Å²) in [7, 11) is 1.71. The average molecular weight is 340 g/mol. The monoisotopic (exact) mass is 338 g/mol. The third-order valence-corrected chi connectivity index (χ3v) is 3.50. The van der Waals surface area contributed by atoms with Gasteiger partial charge in [0.25, 0.3) is 5.91 Å². The highest BCUT2D eigenvalue weighted by atomic mass is 79.9. The van der Waals surface area contributed by atoms with Gasteiger partial charge >= 0.3 is 0 Å². The number of rotatable bonds is 2. The highest BCUT2D eigenvalue weighted by Gasteiger charge is 2.17. The van der Waals surface area contributed by atoms with Crippen molar-refractivity contribution in [3.63, 3.8) is 0 Å². The molecule has 0 radical (unpaired) electrons. The van der Waals surface area contributed by atoms with Crippen LogP contribution in [0.3, 0.4) is 0 Å². The third-order valence-electron chi connectivity index (χ3n) is 2.76. The molecule has 19 heavy (non-hydrogen) atoms. The predicted molar refractivity (Wildman–Crippen MR) is 80.9 cm³/mol. The normalized spacial score (nSPS) is 10.3. The number of halogens is 2. The van der Waals surface area contributed by atoms with E-state index in [-0.39, 0.29) is 11.1 Å². The quantitative estimate of drug-likeness (QED) is 0.772. The van der Waals surface area contributed by atoms with Gasteiger partial charge in [0.2, 0.25) is 0 Å². The standard InChI is InChI=1S/C14H12BrClN2O/c1-9-3-5-11(6-4-9)18(2)14(19)12-7-10(15)8-17-13(12)16/h3-8H,1-2H3. The van der Waals surface area contributed by atoms with Crippen LogP contribution in [0.15, 0.2) is 41.0 Å². The molecule has 0 aliphatic heterocycles. The second kappa shape index (κ2) is 5.72. The second-order valence-electron chi connectivity index (χ2n) is 4.19. The van der Waals surface area contributed by atoms with Gasteiger partial charge in [-0.15, -0.1) is 0 Å². The molecule has 2 rings (SSSR count). The van der Waals surface area contributed by atoms with Crippen LogP contribution in [-0.2, 0) is 0 Å². The van der Waals surface area contributed by atoms with Gasteiger partial charge in [-0.05, 0) is 41.1 Å². The molecule has 0 saturated carbocycles. The molecule has 1 aromatic carbocycles. The number of pyridine rings is 1. The maximum atomic E-state index is 12.4. The number of carbonyl (C=O) groups is 1. The van der Waals surface area contributed by atoms with Gasteiger partial charge in [0.05, 0.1) is 5.56 Å². The first kappa shape index (κ1) is 14.0. The van der Waals surface area contributed by atoms with Gasteiger partial charge in [0.15, 0.2) is 0 Å². The molecule has 5 heteroatoms. The minimum absolute atomic E-state index is 0.192. The van der Waals surface area contributed by atoms with Crippen LogP contribution in [0.25, 0.3) is 0 Å². The average Bonchev–Trinajstić information content (AvgIpc) is 2.41. The zero-order chi connectivity index (χ0) is 14.0. The SMILES string of the molecule is Cc1ccc(N(C)C(=O)c2cc(Br)cnc2Cl)cc1. The van der Waals surface area contributed by atoms with Gasteiger partial charge in [-0.3, -0.25) is 4.79 Å². The first-order valence-corrected chi connectivity index (χ1v) is 6.82. The molecule has 1 aromatic heterocycles. The van der Waals surface area contributed by atoms with E-state index in [1.54, 1.807) is 24.2 Å². The van der Waals surface area contributed by atoms with E-state index >= 15 is 0 Å². The van der Waals surface area contributed by atoms with E-state index in [4.69, 9.17) is 11.6 Å². The number of carbonyl (C=O) groups excluding carboxylic acids is 1. The van der Waals surface area contributed by atoms with Gasteiger partial charge in [-0.1, -0.05) is 29.3 Å². The lowest BCUT2D eigenvalue weighted by Crippen LogP contribution is -2.26. The summed E-state index contributed by atoms with van der Waals surface area (Å²) in [6.07, 6.45) is 1.56. The minimum Gasteiger partial charge on any atom is -0.311 e. The van der Waals surface area contributed by atoms with Crippen molar-refractivity contribution < 1.29 is 4.79 Å². The summed E-state index contributed by atoms with van der Waals surface area (Å²) >= 11 is 9.26. The Hall–Kier alpha value is -1.39. The number of aryl methyl sites for hydroxylation is 1. The smallest absolute Gasteiger partial charge is 0.261 e. The van der Waals surface area contributed by atoms with Crippen LogP contribution in [0.2, 0.25) is 5.15 Å². The molecule has 0 saturated heterocycles. The molecule has 0 atom stereocenters. The lowest BCUT2D eigenvalue weighted by molar-refractivity contribution is 0.0993. The molecule has 0 bridgehead atoms. The number of benzene rings is 1. The molecule has 3 nitrogen and oxygen atoms in total. The Morgan fingerprint density at radius 3 is 2.58 bits per heavy atom. The van der Waals surface area contributed by atoms with Crippen LogP contribution in [0.1, 0.15) is 15.9 Å². The highest BCUT2D eigenvalue weighted by molar-refractivity contribution is 9.10. The summed E-state index contributed by atoms with van der Waals surface area (Å²) in [6.45, 7) is 2.00. The molecule has 1 amide bonds. The van der Waals surface area contributed by atoms with E-state index in [9.17, 15) is 4.79 Å². The van der Waals surface area contributed by atoms with Crippen LogP contribution >= 0.6 is 27.5 Å². The number of aromatic nitrogens is 1. The number of nitrogens with zero attached hydrogens (tertiary/aromatic N) is 2. The predicted octanol–water partition coefficient (Wildman–Crippen LogP) is 4.08. The first-order valence-electron chi connectivity index (χ1n) is 5.65. The lowest BCUT2D eigenvalue weighted by atomic mass is 10.2. The Labute approximate surface area is 125 Å². The molecule has 0 fully saturated rings. The summed E-state index contributed by atoms with van der Waals surface area (Å²) in [5, 5.41) is 0.201. The van der Waals surface area contributed by atoms with Crippen LogP contribution in [0.4, 0.5) is 5.69 Å². The Kier molecular flexibility index (Phi) is 4.22. The van der Waals surface area contributed by atoms with Crippen molar-refractivity contribution in [3.8, 4) is 0 Å². The van der Waals surface area contributed by atoms with E-state index in [1.165, 1.54) is 0 Å². The summed E-state index contributed by atoms with van der Waals surface area (Å²) in [5.74, 6) is -0.192. The maximum Gasteiger partial charge on any atom is 0.261 e. The molecule has 0 N–H and O–H groups in total. The Morgan fingerprint density at radius 2 is 1.95 bits per heavy atom. The van der Waals surface area contributed by atoms with E-state index in [0.29, 0.717) is 5.56 Å². The molecule has 0 unspecified atom stereocenters. The zero-order valence-corrected chi connectivity index (χ0v) is 12.9. The van der Waals surface area contributed by atoms with Crippen LogP contribution in [0, 0.1) is 6.92 Å². The molecule has 98 valence electrons. The fourth-order valence-corrected chi connectivity index (χ4v) is 2.15. The van der Waals surface area contributed by atoms with Crippen molar-refractivity contribution in [2.75, 3.05) is 11.9 Å². The van der Waals surface area contributed by atoms with E-state index in [1.807, 2.05) is 31.2 Å². The van der Waals surface area contributed by atoms with Crippen molar-refractivity contribution in [1.82, 2.24) is 4.98 Å². The van der Waals surface area contributed by atoms with Crippen molar-refractivity contribution >= 4 is 39.1 Å². The topological polar surface area (TPSA) is 33.2 Å². The van der Waals surface area contributed by atoms with Crippen LogP contribution in [-0.4, -0.2) is 17.9 Å². The van der Waals surface area contributed by atoms with Gasteiger partial charge in [0.1, 0.15) is 5.15 Å². The van der Waals surface area contributed by atoms with Gasteiger partial charge < -0.3 is 4.90 Å². The van der Waals surface area contributed by atoms with Crippen molar-refractivity contribution in [2.45, 2.75) is 6.92 Å². The largest absolute Gasteiger partial charge is 0.311 e. The molecule has 0 spiro atoms. The van der Waals surface area contributed by atoms with Gasteiger partial charge in [-0.25, -0.2) is 4.98 Å². The minimum atomic E-state index is -0.192. The second-order valence-corrected chi connectivity index (χ2v) is 5.47. The summed E-state index contributed by atoms with van der Waals surface area (Å²) in [4.78, 5) is 17.9. The zero-order valence-electron chi connectivity index (χ0n) is 10.5. The Morgan fingerprint density at radius 1 is 1.32 bits per heavy atom. The Bertz CT molecular complexity index is 613. The first-order chi connectivity index (χ1) is 8.99. The molecule has 1 heterocycles. The fourth-order valence-electron chi connectivity index (χ4n) is 1.64. The highest BCUT2D eigenvalue weighted by Crippen LogP contribution is 2.22. The summed E-state index contributed by atoms with van der Waals surface area (Å²) in [6, 6.07) is 9.38. The number of hydrogen-bond donors (Lipinski definition) is 0. The van der Waals surface area contributed by atoms with Crippen LogP contribution < -0.4 is 4.90 Å². The Balaban J connectivity index is 2.33. The molecule has 2 aromatic rings. The summed E-state index contributed by atoms with van der Waals surface area (Å²) in [5.41, 5.74) is 2.33. The summed E-state index contributed by atoms with van der Waals surface area (Å²) < 4.78 is 0.720. The third kappa shape index (κ3) is 3.14. The molecule has 0 aliphatic carbocycles. The van der Waals surface area contributed by atoms with Gasteiger partial charge in [-0.2, -0.15) is 0 Å². The number of amides is 1. The van der Waals surface area contributed by atoms with E-state index < -0.39 is 0 Å². The van der Waals surface area contributed by atoms with E-state index in [0.717, 1.165) is 15.7 Å². The molecular formula is C14H12BrClN2O.